The third-order valence-corrected chi connectivity index (χ3v) is 5.29. The van der Waals surface area contributed by atoms with Crippen molar-refractivity contribution in [3.63, 3.8) is 0 Å². The number of hydrogen-bond donors (Lipinski definition) is 0. The summed E-state index contributed by atoms with van der Waals surface area (Å²) in [6, 6.07) is 17.7. The normalized spacial score (nSPS) is 13.3. The second-order valence-corrected chi connectivity index (χ2v) is 7.22. The van der Waals surface area contributed by atoms with E-state index in [1.807, 2.05) is 0 Å². The third-order valence-electron chi connectivity index (χ3n) is 5.29. The van der Waals surface area contributed by atoms with Gasteiger partial charge in [-0.25, -0.2) is 0 Å². The van der Waals surface area contributed by atoms with Gasteiger partial charge in [-0.15, -0.1) is 0 Å². The van der Waals surface area contributed by atoms with Crippen molar-refractivity contribution in [3.05, 3.63) is 82.8 Å². The predicted molar refractivity (Wildman–Crippen MR) is 110 cm³/mol. The molecule has 1 aliphatic carbocycles. The largest absolute Gasteiger partial charge is 0.0674 e. The van der Waals surface area contributed by atoms with Crippen LogP contribution in [0.25, 0.3) is 6.08 Å². The molecule has 3 rings (SSSR count). The van der Waals surface area contributed by atoms with Gasteiger partial charge in [0.2, 0.25) is 0 Å². The second-order valence-electron chi connectivity index (χ2n) is 7.22. The van der Waals surface area contributed by atoms with Crippen LogP contribution in [0.5, 0.6) is 0 Å². The molecule has 0 saturated carbocycles. The van der Waals surface area contributed by atoms with Crippen molar-refractivity contribution in [1.82, 2.24) is 0 Å². The van der Waals surface area contributed by atoms with Crippen LogP contribution in [-0.2, 0) is 6.42 Å². The summed E-state index contributed by atoms with van der Waals surface area (Å²) in [5.41, 5.74) is 5.65. The number of hydrogen-bond acceptors (Lipinski definition) is 0. The van der Waals surface area contributed by atoms with Gasteiger partial charge in [0.15, 0.2) is 0 Å². The second kappa shape index (κ2) is 9.61. The molecule has 0 atom stereocenters. The lowest BCUT2D eigenvalue weighted by atomic mass is 9.88. The minimum atomic E-state index is 1.20. The van der Waals surface area contributed by atoms with Crippen molar-refractivity contribution in [2.24, 2.45) is 0 Å². The van der Waals surface area contributed by atoms with Crippen LogP contribution in [0, 0.1) is 5.92 Å². The minimum absolute atomic E-state index is 1.20. The molecule has 0 amide bonds. The minimum Gasteiger partial charge on any atom is -0.0674 e. The molecule has 2 aromatic carbocycles. The van der Waals surface area contributed by atoms with Crippen LogP contribution < -0.4 is 0 Å². The van der Waals surface area contributed by atoms with Crippen LogP contribution in [0.3, 0.4) is 0 Å². The van der Waals surface area contributed by atoms with Crippen molar-refractivity contribution in [1.29, 1.82) is 0 Å². The number of rotatable bonds is 10. The van der Waals surface area contributed by atoms with Gasteiger partial charge in [0.05, 0.1) is 5.92 Å². The molecular formula is C25H31. The summed E-state index contributed by atoms with van der Waals surface area (Å²) in [4.78, 5) is 0. The molecule has 0 aliphatic heterocycles. The lowest BCUT2D eigenvalue weighted by Gasteiger charge is -2.15. The lowest BCUT2D eigenvalue weighted by Crippen LogP contribution is -2.02. The Hall–Kier alpha value is -1.82. The van der Waals surface area contributed by atoms with E-state index in [-0.39, 0.29) is 0 Å². The molecule has 0 bridgehead atoms. The van der Waals surface area contributed by atoms with E-state index in [2.05, 4.69) is 67.6 Å². The molecule has 0 heterocycles. The van der Waals surface area contributed by atoms with E-state index in [0.717, 1.165) is 0 Å². The molecule has 2 aromatic rings. The van der Waals surface area contributed by atoms with Gasteiger partial charge < -0.3 is 0 Å². The van der Waals surface area contributed by atoms with Crippen molar-refractivity contribution in [2.45, 2.75) is 64.7 Å². The first-order valence-corrected chi connectivity index (χ1v) is 10.1. The number of aryl methyl sites for hydroxylation is 1. The Morgan fingerprint density at radius 2 is 1.24 bits per heavy atom. The zero-order valence-corrected chi connectivity index (χ0v) is 15.6. The summed E-state index contributed by atoms with van der Waals surface area (Å²) in [6.07, 6.45) is 16.8. The Morgan fingerprint density at radius 3 is 2.04 bits per heavy atom. The monoisotopic (exact) mass is 331 g/mol. The quantitative estimate of drug-likeness (QED) is 0.399. The van der Waals surface area contributed by atoms with Crippen LogP contribution in [0.1, 0.15) is 80.5 Å². The standard InChI is InChI=1S/C25H31/c1-2-3-4-5-6-7-8-9-14-21-15-10-12-17-23(21)25-20-19-22-16-11-13-18-24(22)25/h10-13,15-20H,2-9,14H2,1H3. The predicted octanol–water partition coefficient (Wildman–Crippen LogP) is 7.37. The highest BCUT2D eigenvalue weighted by Crippen LogP contribution is 2.36. The van der Waals surface area contributed by atoms with Crippen LogP contribution in [0.2, 0.25) is 0 Å². The molecule has 0 aromatic heterocycles. The highest BCUT2D eigenvalue weighted by Gasteiger charge is 2.21. The zero-order valence-electron chi connectivity index (χ0n) is 15.6. The van der Waals surface area contributed by atoms with Crippen molar-refractivity contribution in [2.75, 3.05) is 0 Å². The smallest absolute Gasteiger partial charge is 0.0566 e. The Kier molecular flexibility index (Phi) is 6.91. The number of unbranched alkanes of at least 4 members (excludes halogenated alkanes) is 7. The van der Waals surface area contributed by atoms with Gasteiger partial charge in [0.25, 0.3) is 0 Å². The third kappa shape index (κ3) is 4.84. The fraction of sp³-hybridized carbons (Fsp3) is 0.400. The van der Waals surface area contributed by atoms with Crippen molar-refractivity contribution >= 4 is 6.08 Å². The van der Waals surface area contributed by atoms with E-state index < -0.39 is 0 Å². The Bertz CT molecular complexity index is 680. The van der Waals surface area contributed by atoms with Crippen LogP contribution in [0.15, 0.2) is 54.6 Å². The maximum atomic E-state index is 2.32. The molecule has 0 unspecified atom stereocenters. The summed E-state index contributed by atoms with van der Waals surface area (Å²) in [6.45, 7) is 2.29. The van der Waals surface area contributed by atoms with E-state index >= 15 is 0 Å². The van der Waals surface area contributed by atoms with Crippen LogP contribution in [0.4, 0.5) is 0 Å². The van der Waals surface area contributed by atoms with Gasteiger partial charge in [0, 0.05) is 0 Å². The van der Waals surface area contributed by atoms with E-state index in [9.17, 15) is 0 Å². The number of allylic oxidation sites excluding steroid dienone is 1. The molecule has 131 valence electrons. The fourth-order valence-corrected chi connectivity index (χ4v) is 3.84. The Labute approximate surface area is 154 Å². The molecule has 0 spiro atoms. The maximum absolute atomic E-state index is 2.32. The maximum Gasteiger partial charge on any atom is 0.0566 e. The summed E-state index contributed by atoms with van der Waals surface area (Å²) in [7, 11) is 0. The molecule has 1 aliphatic rings. The highest BCUT2D eigenvalue weighted by molar-refractivity contribution is 5.73. The Morgan fingerprint density at radius 1 is 0.600 bits per heavy atom. The topological polar surface area (TPSA) is 0 Å². The summed E-state index contributed by atoms with van der Waals surface area (Å²) in [5.74, 6) is 1.39. The van der Waals surface area contributed by atoms with Crippen LogP contribution in [-0.4, -0.2) is 0 Å². The molecular weight excluding hydrogens is 300 g/mol. The van der Waals surface area contributed by atoms with E-state index in [1.54, 1.807) is 0 Å². The molecule has 1 radical (unpaired) electrons. The average molecular weight is 332 g/mol. The molecule has 0 heteroatoms. The van der Waals surface area contributed by atoms with E-state index in [0.29, 0.717) is 0 Å². The average Bonchev–Trinajstić information content (AvgIpc) is 3.08. The van der Waals surface area contributed by atoms with Gasteiger partial charge in [-0.2, -0.15) is 0 Å². The first-order chi connectivity index (χ1) is 12.4. The molecule has 25 heavy (non-hydrogen) atoms. The van der Waals surface area contributed by atoms with Crippen molar-refractivity contribution < 1.29 is 0 Å². The van der Waals surface area contributed by atoms with E-state index in [1.165, 1.54) is 86.0 Å². The molecule has 0 nitrogen and oxygen atoms in total. The lowest BCUT2D eigenvalue weighted by molar-refractivity contribution is 0.575. The van der Waals surface area contributed by atoms with Gasteiger partial charge in [0.1, 0.15) is 0 Å². The first kappa shape index (κ1) is 18.0. The van der Waals surface area contributed by atoms with Gasteiger partial charge in [-0.05, 0) is 35.1 Å². The van der Waals surface area contributed by atoms with E-state index in [4.69, 9.17) is 0 Å². The summed E-state index contributed by atoms with van der Waals surface area (Å²) < 4.78 is 0. The summed E-state index contributed by atoms with van der Waals surface area (Å²) >= 11 is 0. The van der Waals surface area contributed by atoms with Crippen molar-refractivity contribution in [3.8, 4) is 0 Å². The highest BCUT2D eigenvalue weighted by atomic mass is 14.2. The zero-order chi connectivity index (χ0) is 17.3. The molecule has 0 saturated heterocycles. The number of fused-ring (bicyclic) bond motifs is 1. The number of benzene rings is 2. The SMILES string of the molecule is CCCCCCCCCCc1ccccc1[C]1C=Cc2ccccc21. The van der Waals surface area contributed by atoms with Gasteiger partial charge in [-0.3, -0.25) is 0 Å². The summed E-state index contributed by atoms with van der Waals surface area (Å²) in [5, 5.41) is 0. The Balaban J connectivity index is 1.53. The van der Waals surface area contributed by atoms with Gasteiger partial charge >= 0.3 is 0 Å². The molecule has 0 fully saturated rings. The van der Waals surface area contributed by atoms with Gasteiger partial charge in [-0.1, -0.05) is 113 Å². The fourth-order valence-electron chi connectivity index (χ4n) is 3.84. The molecule has 0 N–H and O–H groups in total. The van der Waals surface area contributed by atoms with Crippen LogP contribution >= 0.6 is 0 Å². The first-order valence-electron chi connectivity index (χ1n) is 10.1.